The molecule has 0 radical (unpaired) electrons. The highest BCUT2D eigenvalue weighted by atomic mass is 16.2. The van der Waals surface area contributed by atoms with Crippen LogP contribution in [0.4, 0.5) is 4.79 Å². The molecule has 4 nitrogen and oxygen atoms in total. The van der Waals surface area contributed by atoms with Crippen LogP contribution in [0.15, 0.2) is 65.8 Å². The van der Waals surface area contributed by atoms with E-state index in [1.165, 1.54) is 36.8 Å². The lowest BCUT2D eigenvalue weighted by Crippen LogP contribution is -2.56. The molecule has 166 valence electrons. The standard InChI is InChI=1S/C28H33N3O/c1-26-15-13-21(14-16-26)27(26,2)29-25(32)31-19-23(20-9-5-3-6-10-20)24(30-31)28(17-18-28)22-11-7-4-8-12-22/h3-12,21,23H,13-19H2,1-2H3,(H,29,32)/t21?,23?,26?,27-/m0/s1. The summed E-state index contributed by atoms with van der Waals surface area (Å²) in [6.07, 6.45) is 7.09. The van der Waals surface area contributed by atoms with E-state index >= 15 is 0 Å². The van der Waals surface area contributed by atoms with E-state index in [1.807, 2.05) is 0 Å². The van der Waals surface area contributed by atoms with Gasteiger partial charge in [-0.1, -0.05) is 67.6 Å². The molecule has 2 aromatic carbocycles. The quantitative estimate of drug-likeness (QED) is 0.653. The van der Waals surface area contributed by atoms with Gasteiger partial charge in [0.1, 0.15) is 0 Å². The van der Waals surface area contributed by atoms with E-state index in [-0.39, 0.29) is 28.3 Å². The highest BCUT2D eigenvalue weighted by molar-refractivity contribution is 6.04. The Morgan fingerprint density at radius 1 is 0.938 bits per heavy atom. The third kappa shape index (κ3) is 2.81. The molecule has 2 bridgehead atoms. The number of nitrogens with one attached hydrogen (secondary N) is 1. The molecule has 4 aliphatic rings. The number of carbonyl (C=O) groups excluding carboxylic acids is 1. The number of carbonyl (C=O) groups is 1. The van der Waals surface area contributed by atoms with Gasteiger partial charge in [0, 0.05) is 16.9 Å². The number of amides is 2. The van der Waals surface area contributed by atoms with Crippen molar-refractivity contribution in [2.45, 2.75) is 69.2 Å². The Hall–Kier alpha value is -2.62. The van der Waals surface area contributed by atoms with E-state index in [2.05, 4.69) is 79.8 Å². The highest BCUT2D eigenvalue weighted by Gasteiger charge is 2.60. The van der Waals surface area contributed by atoms with Crippen molar-refractivity contribution in [2.75, 3.05) is 6.54 Å². The molecule has 0 spiro atoms. The summed E-state index contributed by atoms with van der Waals surface area (Å²) in [6.45, 7) is 5.26. The predicted octanol–water partition coefficient (Wildman–Crippen LogP) is 5.85. The second kappa shape index (κ2) is 6.94. The summed E-state index contributed by atoms with van der Waals surface area (Å²) >= 11 is 0. The van der Waals surface area contributed by atoms with Gasteiger partial charge in [-0.05, 0) is 67.9 Å². The van der Waals surface area contributed by atoms with Crippen molar-refractivity contribution >= 4 is 11.7 Å². The van der Waals surface area contributed by atoms with Gasteiger partial charge in [0.2, 0.25) is 0 Å². The number of benzene rings is 2. The molecular weight excluding hydrogens is 394 g/mol. The average molecular weight is 428 g/mol. The summed E-state index contributed by atoms with van der Waals surface area (Å²) in [5, 5.41) is 10.3. The monoisotopic (exact) mass is 427 g/mol. The number of nitrogens with zero attached hydrogens (tertiary/aromatic N) is 2. The Bertz CT molecular complexity index is 1050. The van der Waals surface area contributed by atoms with Crippen molar-refractivity contribution in [3.8, 4) is 0 Å². The van der Waals surface area contributed by atoms with Crippen molar-refractivity contribution in [3.05, 3.63) is 71.8 Å². The summed E-state index contributed by atoms with van der Waals surface area (Å²) in [5.41, 5.74) is 3.80. The fraction of sp³-hybridized carbons (Fsp3) is 0.500. The van der Waals surface area contributed by atoms with Gasteiger partial charge in [-0.25, -0.2) is 9.80 Å². The van der Waals surface area contributed by atoms with E-state index in [0.29, 0.717) is 12.5 Å². The van der Waals surface area contributed by atoms with Gasteiger partial charge >= 0.3 is 6.03 Å². The number of rotatable bonds is 4. The van der Waals surface area contributed by atoms with Crippen LogP contribution in [0, 0.1) is 11.3 Å². The zero-order valence-electron chi connectivity index (χ0n) is 19.2. The van der Waals surface area contributed by atoms with Gasteiger partial charge in [-0.15, -0.1) is 0 Å². The SMILES string of the molecule is CC12CCC(CC1)[C@]2(C)NC(=O)N1CC(c2ccccc2)C(C2(c3ccccc3)CC2)=N1. The maximum absolute atomic E-state index is 13.6. The van der Waals surface area contributed by atoms with E-state index in [1.54, 1.807) is 5.01 Å². The molecule has 1 heterocycles. The first-order valence-electron chi connectivity index (χ1n) is 12.2. The Morgan fingerprint density at radius 3 is 2.12 bits per heavy atom. The zero-order valence-corrected chi connectivity index (χ0v) is 19.2. The molecule has 2 amide bonds. The number of hydrogen-bond acceptors (Lipinski definition) is 2. The van der Waals surface area contributed by atoms with E-state index < -0.39 is 0 Å². The smallest absolute Gasteiger partial charge is 0.331 e. The van der Waals surface area contributed by atoms with E-state index in [0.717, 1.165) is 18.6 Å². The summed E-state index contributed by atoms with van der Waals surface area (Å²) in [4.78, 5) is 13.6. The second-order valence-corrected chi connectivity index (χ2v) is 10.9. The molecule has 6 rings (SSSR count). The van der Waals surface area contributed by atoms with E-state index in [4.69, 9.17) is 5.10 Å². The molecule has 1 N–H and O–H groups in total. The first kappa shape index (κ1) is 20.0. The van der Waals surface area contributed by atoms with Crippen LogP contribution in [0.3, 0.4) is 0 Å². The van der Waals surface area contributed by atoms with Crippen LogP contribution >= 0.6 is 0 Å². The Balaban J connectivity index is 1.33. The fourth-order valence-corrected chi connectivity index (χ4v) is 6.97. The molecule has 0 aromatic heterocycles. The van der Waals surface area contributed by atoms with Crippen LogP contribution in [-0.4, -0.2) is 28.8 Å². The molecule has 4 heteroatoms. The van der Waals surface area contributed by atoms with Crippen LogP contribution in [0.1, 0.15) is 69.4 Å². The molecule has 1 unspecified atom stereocenters. The average Bonchev–Trinajstić information content (AvgIpc) is 3.36. The predicted molar refractivity (Wildman–Crippen MR) is 128 cm³/mol. The molecule has 32 heavy (non-hydrogen) atoms. The van der Waals surface area contributed by atoms with Crippen molar-refractivity contribution in [2.24, 2.45) is 16.4 Å². The number of hydrazone groups is 1. The van der Waals surface area contributed by atoms with E-state index in [9.17, 15) is 4.79 Å². The summed E-state index contributed by atoms with van der Waals surface area (Å²) < 4.78 is 0. The summed E-state index contributed by atoms with van der Waals surface area (Å²) in [6, 6.07) is 21.3. The van der Waals surface area contributed by atoms with Crippen LogP contribution in [0.5, 0.6) is 0 Å². The third-order valence-electron chi connectivity index (χ3n) is 9.44. The number of fused-ring (bicyclic) bond motifs is 2. The molecule has 3 fully saturated rings. The molecule has 3 saturated carbocycles. The summed E-state index contributed by atoms with van der Waals surface area (Å²) in [5.74, 6) is 0.736. The Kier molecular flexibility index (Phi) is 4.34. The maximum atomic E-state index is 13.6. The summed E-state index contributed by atoms with van der Waals surface area (Å²) in [7, 11) is 0. The van der Waals surface area contributed by atoms with Gasteiger partial charge in [0.25, 0.3) is 0 Å². The normalized spacial score (nSPS) is 34.4. The molecule has 2 atom stereocenters. The minimum absolute atomic E-state index is 0.0210. The molecule has 1 aliphatic heterocycles. The lowest BCUT2D eigenvalue weighted by Gasteiger charge is -2.39. The first-order chi connectivity index (χ1) is 15.5. The van der Waals surface area contributed by atoms with Crippen LogP contribution in [0.2, 0.25) is 0 Å². The number of urea groups is 1. The minimum atomic E-state index is -0.124. The Morgan fingerprint density at radius 2 is 1.56 bits per heavy atom. The highest BCUT2D eigenvalue weighted by Crippen LogP contribution is 2.60. The fourth-order valence-electron chi connectivity index (χ4n) is 6.97. The van der Waals surface area contributed by atoms with Crippen LogP contribution < -0.4 is 5.32 Å². The third-order valence-corrected chi connectivity index (χ3v) is 9.44. The van der Waals surface area contributed by atoms with Crippen LogP contribution in [-0.2, 0) is 5.41 Å². The van der Waals surface area contributed by atoms with Gasteiger partial charge in [-0.2, -0.15) is 5.10 Å². The lowest BCUT2D eigenvalue weighted by atomic mass is 9.76. The van der Waals surface area contributed by atoms with Gasteiger partial charge in [-0.3, -0.25) is 0 Å². The van der Waals surface area contributed by atoms with Gasteiger partial charge in [0.05, 0.1) is 12.3 Å². The minimum Gasteiger partial charge on any atom is -0.331 e. The molecule has 0 saturated heterocycles. The first-order valence-corrected chi connectivity index (χ1v) is 12.2. The lowest BCUT2D eigenvalue weighted by molar-refractivity contribution is 0.148. The maximum Gasteiger partial charge on any atom is 0.338 e. The Labute approximate surface area is 191 Å². The molecule has 2 aromatic rings. The topological polar surface area (TPSA) is 44.7 Å². The van der Waals surface area contributed by atoms with Crippen molar-refractivity contribution in [1.82, 2.24) is 10.3 Å². The number of hydrogen-bond donors (Lipinski definition) is 1. The zero-order chi connectivity index (χ0) is 22.0. The molecular formula is C28H33N3O. The second-order valence-electron chi connectivity index (χ2n) is 10.9. The van der Waals surface area contributed by atoms with Crippen molar-refractivity contribution < 1.29 is 4.79 Å². The van der Waals surface area contributed by atoms with Gasteiger partial charge in [0.15, 0.2) is 0 Å². The van der Waals surface area contributed by atoms with Crippen molar-refractivity contribution in [1.29, 1.82) is 0 Å². The molecule has 3 aliphatic carbocycles. The van der Waals surface area contributed by atoms with Gasteiger partial charge < -0.3 is 5.32 Å². The van der Waals surface area contributed by atoms with Crippen LogP contribution in [0.25, 0.3) is 0 Å². The largest absolute Gasteiger partial charge is 0.338 e. The van der Waals surface area contributed by atoms with Crippen molar-refractivity contribution in [3.63, 3.8) is 0 Å².